The standard InChI is InChI=1S/C11H18N2O6S/c14-8-4-9(11(16)17)13(5-8)10(15)3-7-6-20(18,19)2-1-12-7/h7-9,12,14H,1-6H2,(H,16,17)/t7?,8-,9-/m1/s1. The van der Waals surface area contributed by atoms with E-state index in [0.717, 1.165) is 4.90 Å². The van der Waals surface area contributed by atoms with Gasteiger partial charge in [-0.1, -0.05) is 0 Å². The fourth-order valence-corrected chi connectivity index (χ4v) is 4.09. The Labute approximate surface area is 116 Å². The molecular weight excluding hydrogens is 288 g/mol. The minimum absolute atomic E-state index is 0.0114. The van der Waals surface area contributed by atoms with E-state index in [-0.39, 0.29) is 30.9 Å². The van der Waals surface area contributed by atoms with Crippen LogP contribution in [0, 0.1) is 0 Å². The van der Waals surface area contributed by atoms with Crippen molar-refractivity contribution in [3.05, 3.63) is 0 Å². The molecule has 0 aliphatic carbocycles. The van der Waals surface area contributed by atoms with Gasteiger partial charge in [-0.15, -0.1) is 0 Å². The molecule has 114 valence electrons. The summed E-state index contributed by atoms with van der Waals surface area (Å²) in [6, 6.07) is -1.52. The van der Waals surface area contributed by atoms with Gasteiger partial charge < -0.3 is 20.4 Å². The average molecular weight is 306 g/mol. The van der Waals surface area contributed by atoms with E-state index in [2.05, 4.69) is 5.32 Å². The lowest BCUT2D eigenvalue weighted by atomic mass is 10.1. The molecule has 8 nitrogen and oxygen atoms in total. The van der Waals surface area contributed by atoms with Crippen LogP contribution < -0.4 is 5.32 Å². The second kappa shape index (κ2) is 5.66. The van der Waals surface area contributed by atoms with Gasteiger partial charge in [0.15, 0.2) is 9.84 Å². The van der Waals surface area contributed by atoms with E-state index in [0.29, 0.717) is 6.54 Å². The minimum Gasteiger partial charge on any atom is -0.480 e. The molecule has 0 bridgehead atoms. The number of rotatable bonds is 3. The number of nitrogens with zero attached hydrogens (tertiary/aromatic N) is 1. The number of hydrogen-bond donors (Lipinski definition) is 3. The molecule has 1 unspecified atom stereocenters. The summed E-state index contributed by atoms with van der Waals surface area (Å²) in [6.07, 6.45) is -0.907. The first-order valence-corrected chi connectivity index (χ1v) is 8.25. The van der Waals surface area contributed by atoms with Gasteiger partial charge in [0.1, 0.15) is 6.04 Å². The number of likely N-dealkylation sites (tertiary alicyclic amines) is 1. The monoisotopic (exact) mass is 306 g/mol. The molecule has 3 atom stereocenters. The van der Waals surface area contributed by atoms with E-state index in [1.165, 1.54) is 0 Å². The summed E-state index contributed by atoms with van der Waals surface area (Å²) in [5.74, 6) is -1.66. The SMILES string of the molecule is O=C(O)[C@H]1C[C@@H](O)CN1C(=O)CC1CS(=O)(=O)CCN1. The average Bonchev–Trinajstić information content (AvgIpc) is 2.70. The Morgan fingerprint density at radius 2 is 2.05 bits per heavy atom. The lowest BCUT2D eigenvalue weighted by molar-refractivity contribution is -0.148. The van der Waals surface area contributed by atoms with E-state index in [9.17, 15) is 23.1 Å². The summed E-state index contributed by atoms with van der Waals surface area (Å²) < 4.78 is 23.0. The van der Waals surface area contributed by atoms with Crippen molar-refractivity contribution in [1.29, 1.82) is 0 Å². The third-order valence-electron chi connectivity index (χ3n) is 3.61. The Hall–Kier alpha value is -1.19. The lowest BCUT2D eigenvalue weighted by Gasteiger charge is -2.27. The molecule has 2 saturated heterocycles. The van der Waals surface area contributed by atoms with Crippen LogP contribution in [0.2, 0.25) is 0 Å². The molecule has 0 aromatic carbocycles. The van der Waals surface area contributed by atoms with Crippen molar-refractivity contribution in [3.63, 3.8) is 0 Å². The summed E-state index contributed by atoms with van der Waals surface area (Å²) >= 11 is 0. The molecule has 9 heteroatoms. The van der Waals surface area contributed by atoms with Gasteiger partial charge in [0.05, 0.1) is 17.6 Å². The van der Waals surface area contributed by atoms with E-state index in [4.69, 9.17) is 5.11 Å². The Balaban J connectivity index is 1.99. The smallest absolute Gasteiger partial charge is 0.326 e. The van der Waals surface area contributed by atoms with Crippen LogP contribution in [0.25, 0.3) is 0 Å². The highest BCUT2D eigenvalue weighted by Crippen LogP contribution is 2.20. The molecule has 0 saturated carbocycles. The molecule has 0 aromatic heterocycles. The second-order valence-electron chi connectivity index (χ2n) is 5.26. The minimum atomic E-state index is -3.14. The summed E-state index contributed by atoms with van der Waals surface area (Å²) in [7, 11) is -3.14. The van der Waals surface area contributed by atoms with E-state index >= 15 is 0 Å². The molecular formula is C11H18N2O6S. The van der Waals surface area contributed by atoms with Gasteiger partial charge in [-0.2, -0.15) is 0 Å². The molecule has 2 fully saturated rings. The quantitative estimate of drug-likeness (QED) is 0.541. The number of aliphatic hydroxyl groups is 1. The molecule has 0 aromatic rings. The number of sulfone groups is 1. The molecule has 20 heavy (non-hydrogen) atoms. The highest BCUT2D eigenvalue weighted by atomic mass is 32.2. The van der Waals surface area contributed by atoms with Gasteiger partial charge in [-0.3, -0.25) is 4.79 Å². The highest BCUT2D eigenvalue weighted by molar-refractivity contribution is 7.91. The Kier molecular flexibility index (Phi) is 4.31. The van der Waals surface area contributed by atoms with E-state index in [1.54, 1.807) is 0 Å². The van der Waals surface area contributed by atoms with Crippen molar-refractivity contribution in [1.82, 2.24) is 10.2 Å². The zero-order valence-electron chi connectivity index (χ0n) is 10.9. The first-order chi connectivity index (χ1) is 9.28. The van der Waals surface area contributed by atoms with Gasteiger partial charge in [-0.25, -0.2) is 13.2 Å². The van der Waals surface area contributed by atoms with Gasteiger partial charge >= 0.3 is 5.97 Å². The topological polar surface area (TPSA) is 124 Å². The van der Waals surface area contributed by atoms with Crippen LogP contribution in [-0.2, 0) is 19.4 Å². The zero-order chi connectivity index (χ0) is 14.9. The normalized spacial score (nSPS) is 33.0. The molecule has 0 spiro atoms. The van der Waals surface area contributed by atoms with Crippen LogP contribution in [0.15, 0.2) is 0 Å². The van der Waals surface area contributed by atoms with Crippen molar-refractivity contribution < 1.29 is 28.2 Å². The maximum Gasteiger partial charge on any atom is 0.326 e. The summed E-state index contributed by atoms with van der Waals surface area (Å²) in [5, 5.41) is 21.5. The summed E-state index contributed by atoms with van der Waals surface area (Å²) in [6.45, 7) is 0.278. The molecule has 0 radical (unpaired) electrons. The number of carboxylic acid groups (broad SMARTS) is 1. The summed E-state index contributed by atoms with van der Waals surface area (Å²) in [5.41, 5.74) is 0. The lowest BCUT2D eigenvalue weighted by Crippen LogP contribution is -2.49. The van der Waals surface area contributed by atoms with Crippen LogP contribution in [-0.4, -0.2) is 78.2 Å². The molecule has 3 N–H and O–H groups in total. The van der Waals surface area contributed by atoms with Crippen molar-refractivity contribution in [3.8, 4) is 0 Å². The number of carbonyl (C=O) groups excluding carboxylic acids is 1. The number of aliphatic hydroxyl groups excluding tert-OH is 1. The zero-order valence-corrected chi connectivity index (χ0v) is 11.7. The van der Waals surface area contributed by atoms with Crippen molar-refractivity contribution in [2.75, 3.05) is 24.6 Å². The Bertz CT molecular complexity index is 505. The largest absolute Gasteiger partial charge is 0.480 e. The van der Waals surface area contributed by atoms with Crippen molar-refractivity contribution >= 4 is 21.7 Å². The van der Waals surface area contributed by atoms with Crippen molar-refractivity contribution in [2.24, 2.45) is 0 Å². The fourth-order valence-electron chi connectivity index (χ4n) is 2.65. The Morgan fingerprint density at radius 1 is 1.35 bits per heavy atom. The van der Waals surface area contributed by atoms with E-state index < -0.39 is 39.9 Å². The predicted molar refractivity (Wildman–Crippen MR) is 68.8 cm³/mol. The van der Waals surface area contributed by atoms with Crippen LogP contribution in [0.3, 0.4) is 0 Å². The van der Waals surface area contributed by atoms with E-state index in [1.807, 2.05) is 0 Å². The molecule has 1 amide bonds. The van der Waals surface area contributed by atoms with Gasteiger partial charge in [0.25, 0.3) is 0 Å². The van der Waals surface area contributed by atoms with Crippen LogP contribution in [0.4, 0.5) is 0 Å². The van der Waals surface area contributed by atoms with Gasteiger partial charge in [0, 0.05) is 32.0 Å². The molecule has 2 aliphatic heterocycles. The molecule has 2 heterocycles. The molecule has 2 rings (SSSR count). The van der Waals surface area contributed by atoms with Gasteiger partial charge in [-0.05, 0) is 0 Å². The maximum absolute atomic E-state index is 12.1. The number of carbonyl (C=O) groups is 2. The number of amides is 1. The number of hydrogen-bond acceptors (Lipinski definition) is 6. The van der Waals surface area contributed by atoms with Crippen molar-refractivity contribution in [2.45, 2.75) is 31.0 Å². The first-order valence-electron chi connectivity index (χ1n) is 6.42. The third-order valence-corrected chi connectivity index (χ3v) is 5.34. The fraction of sp³-hybridized carbons (Fsp3) is 0.818. The third kappa shape index (κ3) is 3.47. The summed E-state index contributed by atoms with van der Waals surface area (Å²) in [4.78, 5) is 24.3. The second-order valence-corrected chi connectivity index (χ2v) is 7.49. The Morgan fingerprint density at radius 3 is 2.65 bits per heavy atom. The van der Waals surface area contributed by atoms with Crippen LogP contribution in [0.1, 0.15) is 12.8 Å². The first kappa shape index (κ1) is 15.2. The maximum atomic E-state index is 12.1. The van der Waals surface area contributed by atoms with Crippen LogP contribution >= 0.6 is 0 Å². The number of aliphatic carboxylic acids is 1. The number of carboxylic acids is 1. The molecule has 2 aliphatic rings. The number of nitrogens with one attached hydrogen (secondary N) is 1. The van der Waals surface area contributed by atoms with Crippen LogP contribution in [0.5, 0.6) is 0 Å². The van der Waals surface area contributed by atoms with Gasteiger partial charge in [0.2, 0.25) is 5.91 Å². The predicted octanol–water partition coefficient (Wildman–Crippen LogP) is -2.19. The number of β-amino-alcohol motifs (C(OH)–C–C–N with tert-alkyl or cyclic N) is 1. The highest BCUT2D eigenvalue weighted by Gasteiger charge is 2.39.